The van der Waals surface area contributed by atoms with Gasteiger partial charge >= 0.3 is 0 Å². The SMILES string of the molecule is Cc1ccc(C2(C(=O)N3CCC4(CC3)COC(Cc3cccc(F)c3)C4)CCOCC2)cc1. The van der Waals surface area contributed by atoms with Crippen LogP contribution in [-0.4, -0.2) is 49.8 Å². The number of benzene rings is 2. The molecular weight excluding hydrogens is 417 g/mol. The smallest absolute Gasteiger partial charge is 0.233 e. The lowest BCUT2D eigenvalue weighted by Crippen LogP contribution is -2.53. The van der Waals surface area contributed by atoms with Gasteiger partial charge in [-0.05, 0) is 74.1 Å². The number of hydrogen-bond acceptors (Lipinski definition) is 3. The summed E-state index contributed by atoms with van der Waals surface area (Å²) in [5.74, 6) is 0.0716. The third-order valence-electron chi connectivity index (χ3n) is 8.11. The van der Waals surface area contributed by atoms with Crippen molar-refractivity contribution in [2.75, 3.05) is 32.9 Å². The van der Waals surface area contributed by atoms with Crippen LogP contribution in [0.25, 0.3) is 0 Å². The van der Waals surface area contributed by atoms with Gasteiger partial charge in [0.2, 0.25) is 5.91 Å². The van der Waals surface area contributed by atoms with Crippen LogP contribution in [0.15, 0.2) is 48.5 Å². The first kappa shape index (κ1) is 22.5. The van der Waals surface area contributed by atoms with Gasteiger partial charge in [-0.1, -0.05) is 42.0 Å². The van der Waals surface area contributed by atoms with Crippen LogP contribution in [-0.2, 0) is 26.1 Å². The minimum absolute atomic E-state index is 0.128. The van der Waals surface area contributed by atoms with Crippen molar-refractivity contribution < 1.29 is 18.7 Å². The summed E-state index contributed by atoms with van der Waals surface area (Å²) in [6, 6.07) is 15.3. The molecular formula is C28H34FNO3. The van der Waals surface area contributed by atoms with Gasteiger partial charge in [-0.3, -0.25) is 4.79 Å². The number of likely N-dealkylation sites (tertiary alicyclic amines) is 1. The highest BCUT2D eigenvalue weighted by Gasteiger charge is 2.48. The quantitative estimate of drug-likeness (QED) is 0.669. The van der Waals surface area contributed by atoms with E-state index in [1.807, 2.05) is 6.07 Å². The summed E-state index contributed by atoms with van der Waals surface area (Å²) < 4.78 is 25.3. The number of halogens is 1. The first-order valence-electron chi connectivity index (χ1n) is 12.3. The Labute approximate surface area is 196 Å². The van der Waals surface area contributed by atoms with E-state index in [1.54, 1.807) is 12.1 Å². The van der Waals surface area contributed by atoms with E-state index in [9.17, 15) is 9.18 Å². The predicted octanol–water partition coefficient (Wildman–Crippen LogP) is 4.82. The maximum absolute atomic E-state index is 13.9. The Morgan fingerprint density at radius 1 is 1.06 bits per heavy atom. The van der Waals surface area contributed by atoms with Crippen molar-refractivity contribution in [3.05, 3.63) is 71.0 Å². The zero-order chi connectivity index (χ0) is 22.9. The molecule has 33 heavy (non-hydrogen) atoms. The normalized spacial score (nSPS) is 24.2. The van der Waals surface area contributed by atoms with Crippen LogP contribution in [0.4, 0.5) is 4.39 Å². The van der Waals surface area contributed by atoms with E-state index >= 15 is 0 Å². The van der Waals surface area contributed by atoms with Gasteiger partial charge in [-0.15, -0.1) is 0 Å². The van der Waals surface area contributed by atoms with E-state index in [0.717, 1.165) is 69.3 Å². The first-order chi connectivity index (χ1) is 16.0. The fourth-order valence-corrected chi connectivity index (χ4v) is 6.01. The Morgan fingerprint density at radius 2 is 1.79 bits per heavy atom. The maximum Gasteiger partial charge on any atom is 0.233 e. The topological polar surface area (TPSA) is 38.8 Å². The van der Waals surface area contributed by atoms with Gasteiger partial charge in [-0.2, -0.15) is 0 Å². The monoisotopic (exact) mass is 451 g/mol. The molecule has 1 amide bonds. The standard InChI is InChI=1S/C28H34FNO3/c1-21-5-7-23(8-6-21)28(11-15-32-16-12-28)26(31)30-13-9-27(10-14-30)19-25(33-20-27)18-22-3-2-4-24(29)17-22/h2-8,17,25H,9-16,18-20H2,1H3. The number of ether oxygens (including phenoxy) is 2. The highest BCUT2D eigenvalue weighted by molar-refractivity contribution is 5.88. The summed E-state index contributed by atoms with van der Waals surface area (Å²) >= 11 is 0. The Kier molecular flexibility index (Phi) is 6.28. The number of hydrogen-bond donors (Lipinski definition) is 0. The van der Waals surface area contributed by atoms with Crippen LogP contribution in [0.5, 0.6) is 0 Å². The second-order valence-electron chi connectivity index (χ2n) is 10.3. The van der Waals surface area contributed by atoms with E-state index in [2.05, 4.69) is 36.1 Å². The predicted molar refractivity (Wildman–Crippen MR) is 126 cm³/mol. The summed E-state index contributed by atoms with van der Waals surface area (Å²) in [5.41, 5.74) is 3.00. The molecule has 3 saturated heterocycles. The van der Waals surface area contributed by atoms with Crippen molar-refractivity contribution in [3.8, 4) is 0 Å². The fourth-order valence-electron chi connectivity index (χ4n) is 6.01. The van der Waals surface area contributed by atoms with E-state index in [4.69, 9.17) is 9.47 Å². The van der Waals surface area contributed by atoms with Gasteiger partial charge < -0.3 is 14.4 Å². The highest BCUT2D eigenvalue weighted by atomic mass is 19.1. The molecule has 5 rings (SSSR count). The molecule has 1 spiro atoms. The Bertz CT molecular complexity index is 975. The molecule has 3 aliphatic heterocycles. The maximum atomic E-state index is 13.9. The molecule has 0 aliphatic carbocycles. The molecule has 0 saturated carbocycles. The van der Waals surface area contributed by atoms with Crippen LogP contribution < -0.4 is 0 Å². The van der Waals surface area contributed by atoms with Crippen molar-refractivity contribution in [3.63, 3.8) is 0 Å². The van der Waals surface area contributed by atoms with Crippen molar-refractivity contribution >= 4 is 5.91 Å². The molecule has 3 heterocycles. The summed E-state index contributed by atoms with van der Waals surface area (Å²) in [6.07, 6.45) is 5.30. The number of amides is 1. The van der Waals surface area contributed by atoms with Crippen LogP contribution in [0.2, 0.25) is 0 Å². The minimum atomic E-state index is -0.470. The van der Waals surface area contributed by atoms with Gasteiger partial charge in [0.25, 0.3) is 0 Å². The summed E-state index contributed by atoms with van der Waals surface area (Å²) in [6.45, 7) is 5.65. The number of aryl methyl sites for hydroxylation is 1. The van der Waals surface area contributed by atoms with E-state index < -0.39 is 5.41 Å². The number of nitrogens with zero attached hydrogens (tertiary/aromatic N) is 1. The van der Waals surface area contributed by atoms with Crippen molar-refractivity contribution in [2.45, 2.75) is 57.0 Å². The zero-order valence-electron chi connectivity index (χ0n) is 19.5. The Balaban J connectivity index is 1.24. The van der Waals surface area contributed by atoms with Gasteiger partial charge in [0.05, 0.1) is 18.1 Å². The Hall–Kier alpha value is -2.24. The summed E-state index contributed by atoms with van der Waals surface area (Å²) in [4.78, 5) is 16.0. The Morgan fingerprint density at radius 3 is 2.48 bits per heavy atom. The molecule has 0 bridgehead atoms. The molecule has 2 aromatic rings. The second kappa shape index (κ2) is 9.19. The molecule has 3 aliphatic rings. The van der Waals surface area contributed by atoms with Gasteiger partial charge in [0.1, 0.15) is 5.82 Å². The zero-order valence-corrected chi connectivity index (χ0v) is 19.5. The van der Waals surface area contributed by atoms with E-state index in [-0.39, 0.29) is 23.2 Å². The van der Waals surface area contributed by atoms with Crippen LogP contribution in [0.1, 0.15) is 48.8 Å². The van der Waals surface area contributed by atoms with Crippen LogP contribution in [0, 0.1) is 18.2 Å². The minimum Gasteiger partial charge on any atom is -0.381 e. The molecule has 176 valence electrons. The molecule has 5 heteroatoms. The number of rotatable bonds is 4. The number of carbonyl (C=O) groups is 1. The molecule has 1 atom stereocenters. The van der Waals surface area contributed by atoms with Crippen molar-refractivity contribution in [1.29, 1.82) is 0 Å². The van der Waals surface area contributed by atoms with Gasteiger partial charge in [-0.25, -0.2) is 4.39 Å². The molecule has 0 aromatic heterocycles. The van der Waals surface area contributed by atoms with Gasteiger partial charge in [0.15, 0.2) is 0 Å². The third-order valence-corrected chi connectivity index (χ3v) is 8.11. The third kappa shape index (κ3) is 4.58. The molecule has 3 fully saturated rings. The lowest BCUT2D eigenvalue weighted by atomic mass is 9.71. The largest absolute Gasteiger partial charge is 0.381 e. The fraction of sp³-hybridized carbons (Fsp3) is 0.536. The molecule has 0 N–H and O–H groups in total. The van der Waals surface area contributed by atoms with Crippen LogP contribution >= 0.6 is 0 Å². The molecule has 4 nitrogen and oxygen atoms in total. The van der Waals surface area contributed by atoms with Crippen molar-refractivity contribution in [1.82, 2.24) is 4.90 Å². The highest BCUT2D eigenvalue weighted by Crippen LogP contribution is 2.44. The average molecular weight is 452 g/mol. The molecule has 1 unspecified atom stereocenters. The molecule has 2 aromatic carbocycles. The molecule has 0 radical (unpaired) electrons. The summed E-state index contributed by atoms with van der Waals surface area (Å²) in [5, 5.41) is 0. The number of piperidine rings is 1. The number of carbonyl (C=O) groups excluding carboxylic acids is 1. The van der Waals surface area contributed by atoms with Crippen molar-refractivity contribution in [2.24, 2.45) is 5.41 Å². The first-order valence-corrected chi connectivity index (χ1v) is 12.3. The lowest BCUT2D eigenvalue weighted by molar-refractivity contribution is -0.143. The summed E-state index contributed by atoms with van der Waals surface area (Å²) in [7, 11) is 0. The second-order valence-corrected chi connectivity index (χ2v) is 10.3. The van der Waals surface area contributed by atoms with E-state index in [1.165, 1.54) is 11.6 Å². The van der Waals surface area contributed by atoms with E-state index in [0.29, 0.717) is 13.2 Å². The van der Waals surface area contributed by atoms with Crippen LogP contribution in [0.3, 0.4) is 0 Å². The lowest BCUT2D eigenvalue weighted by Gasteiger charge is -2.44. The van der Waals surface area contributed by atoms with Gasteiger partial charge in [0, 0.05) is 26.3 Å². The average Bonchev–Trinajstić information content (AvgIpc) is 3.21.